The largest absolute Gasteiger partial charge is 0.456 e. The second-order valence-electron chi connectivity index (χ2n) is 11.7. The molecule has 0 unspecified atom stereocenters. The lowest BCUT2D eigenvalue weighted by Crippen LogP contribution is -2.00. The summed E-state index contributed by atoms with van der Waals surface area (Å²) < 4.78 is 6.14. The maximum atomic E-state index is 6.14. The summed E-state index contributed by atoms with van der Waals surface area (Å²) in [5.41, 5.74) is 9.14. The molecule has 0 amide bonds. The Kier molecular flexibility index (Phi) is 6.43. The third kappa shape index (κ3) is 4.93. The van der Waals surface area contributed by atoms with Crippen LogP contribution in [0, 0.1) is 0 Å². The molecule has 0 radical (unpaired) electrons. The summed E-state index contributed by atoms with van der Waals surface area (Å²) in [4.78, 5) is 14.9. The lowest BCUT2D eigenvalue weighted by molar-refractivity contribution is 0.669. The average molecular weight is 602 g/mol. The molecule has 0 N–H and O–H groups in total. The van der Waals surface area contributed by atoms with Crippen LogP contribution in [0.15, 0.2) is 168 Å². The minimum Gasteiger partial charge on any atom is -0.456 e. The predicted molar refractivity (Wildman–Crippen MR) is 192 cm³/mol. The van der Waals surface area contributed by atoms with Crippen LogP contribution in [0.2, 0.25) is 0 Å². The maximum Gasteiger partial charge on any atom is 0.164 e. The number of aromatic nitrogens is 3. The molecule has 7 aromatic carbocycles. The molecular formula is C43H27N3O. The fourth-order valence-corrected chi connectivity index (χ4v) is 6.35. The molecule has 9 aromatic rings. The van der Waals surface area contributed by atoms with Crippen molar-refractivity contribution in [2.45, 2.75) is 0 Å². The Morgan fingerprint density at radius 2 is 0.872 bits per heavy atom. The number of nitrogens with zero attached hydrogens (tertiary/aromatic N) is 3. The third-order valence-corrected chi connectivity index (χ3v) is 8.75. The minimum absolute atomic E-state index is 0.631. The van der Waals surface area contributed by atoms with Crippen LogP contribution in [-0.4, -0.2) is 15.0 Å². The quantitative estimate of drug-likeness (QED) is 0.197. The van der Waals surface area contributed by atoms with Gasteiger partial charge in [0.15, 0.2) is 17.5 Å². The summed E-state index contributed by atoms with van der Waals surface area (Å²) in [6.45, 7) is 0. The lowest BCUT2D eigenvalue weighted by Gasteiger charge is -2.10. The van der Waals surface area contributed by atoms with Gasteiger partial charge in [-0.15, -0.1) is 0 Å². The van der Waals surface area contributed by atoms with Gasteiger partial charge in [-0.3, -0.25) is 0 Å². The summed E-state index contributed by atoms with van der Waals surface area (Å²) in [6.07, 6.45) is 0. The average Bonchev–Trinajstić information content (AvgIpc) is 3.54. The molecule has 0 aliphatic rings. The monoisotopic (exact) mass is 601 g/mol. The molecule has 220 valence electrons. The Balaban J connectivity index is 1.10. The van der Waals surface area contributed by atoms with Crippen molar-refractivity contribution in [1.82, 2.24) is 15.0 Å². The van der Waals surface area contributed by atoms with Crippen molar-refractivity contribution in [3.05, 3.63) is 164 Å². The SMILES string of the molecule is c1ccc(-c2nc(-c3ccc(-c4ccc5ccccc5c4)cc3)nc(-c3ccc(-c4cccc5oc6ccccc6c45)cc3)n2)cc1. The number of hydrogen-bond donors (Lipinski definition) is 0. The Labute approximate surface area is 271 Å². The topological polar surface area (TPSA) is 51.8 Å². The van der Waals surface area contributed by atoms with Crippen LogP contribution in [0.25, 0.3) is 89.1 Å². The standard InChI is InChI=1S/C43H27N3O/c1-2-10-31(11-3-1)41-44-42(32-22-17-29(18-23-32)35-26-19-28-9-4-5-12-34(28)27-35)46-43(45-41)33-24-20-30(21-25-33)36-14-8-16-39-40(36)37-13-6-7-15-38(37)47-39/h1-27H. The van der Waals surface area contributed by atoms with Crippen LogP contribution in [-0.2, 0) is 0 Å². The fraction of sp³-hybridized carbons (Fsp3) is 0. The Bertz CT molecular complexity index is 2550. The number of benzene rings is 7. The molecule has 0 saturated heterocycles. The number of fused-ring (bicyclic) bond motifs is 4. The van der Waals surface area contributed by atoms with Crippen LogP contribution in [0.1, 0.15) is 0 Å². The lowest BCUT2D eigenvalue weighted by atomic mass is 9.98. The molecule has 0 atom stereocenters. The van der Waals surface area contributed by atoms with Gasteiger partial charge in [-0.25, -0.2) is 15.0 Å². The van der Waals surface area contributed by atoms with E-state index in [0.29, 0.717) is 17.5 Å². The normalized spacial score (nSPS) is 11.4. The van der Waals surface area contributed by atoms with Gasteiger partial charge in [0.25, 0.3) is 0 Å². The molecule has 4 nitrogen and oxygen atoms in total. The van der Waals surface area contributed by atoms with Gasteiger partial charge in [-0.1, -0.05) is 146 Å². The highest BCUT2D eigenvalue weighted by Gasteiger charge is 2.15. The van der Waals surface area contributed by atoms with Gasteiger partial charge in [-0.2, -0.15) is 0 Å². The van der Waals surface area contributed by atoms with E-state index in [1.165, 1.54) is 16.3 Å². The van der Waals surface area contributed by atoms with Gasteiger partial charge in [-0.05, 0) is 51.2 Å². The van der Waals surface area contributed by atoms with E-state index in [0.717, 1.165) is 55.3 Å². The van der Waals surface area contributed by atoms with Crippen LogP contribution in [0.4, 0.5) is 0 Å². The number of rotatable bonds is 5. The first-order chi connectivity index (χ1) is 23.3. The highest BCUT2D eigenvalue weighted by Crippen LogP contribution is 2.37. The van der Waals surface area contributed by atoms with E-state index in [9.17, 15) is 0 Å². The van der Waals surface area contributed by atoms with Gasteiger partial charge in [0.05, 0.1) is 0 Å². The summed E-state index contributed by atoms with van der Waals surface area (Å²) in [5.74, 6) is 1.91. The predicted octanol–water partition coefficient (Wildman–Crippen LogP) is 11.3. The first-order valence-corrected chi connectivity index (χ1v) is 15.7. The van der Waals surface area contributed by atoms with Gasteiger partial charge in [0.1, 0.15) is 11.2 Å². The second-order valence-corrected chi connectivity index (χ2v) is 11.7. The number of hydrogen-bond acceptors (Lipinski definition) is 4. The van der Waals surface area contributed by atoms with Crippen molar-refractivity contribution in [1.29, 1.82) is 0 Å². The van der Waals surface area contributed by atoms with E-state index in [1.807, 2.05) is 54.6 Å². The molecule has 2 heterocycles. The first kappa shape index (κ1) is 27.0. The van der Waals surface area contributed by atoms with Gasteiger partial charge < -0.3 is 4.42 Å². The molecular weight excluding hydrogens is 574 g/mol. The van der Waals surface area contributed by atoms with Crippen LogP contribution >= 0.6 is 0 Å². The second kappa shape index (κ2) is 11.2. The zero-order chi connectivity index (χ0) is 31.2. The molecule has 9 rings (SSSR count). The summed E-state index contributed by atoms with van der Waals surface area (Å²) in [6, 6.07) is 56.4. The summed E-state index contributed by atoms with van der Waals surface area (Å²) in [5, 5.41) is 4.70. The third-order valence-electron chi connectivity index (χ3n) is 8.75. The summed E-state index contributed by atoms with van der Waals surface area (Å²) in [7, 11) is 0. The summed E-state index contributed by atoms with van der Waals surface area (Å²) >= 11 is 0. The van der Waals surface area contributed by atoms with Crippen LogP contribution in [0.3, 0.4) is 0 Å². The Morgan fingerprint density at radius 1 is 0.340 bits per heavy atom. The van der Waals surface area contributed by atoms with E-state index in [2.05, 4.69) is 109 Å². The van der Waals surface area contributed by atoms with E-state index in [1.54, 1.807) is 0 Å². The molecule has 0 saturated carbocycles. The van der Waals surface area contributed by atoms with Crippen molar-refractivity contribution < 1.29 is 4.42 Å². The molecule has 0 bridgehead atoms. The van der Waals surface area contributed by atoms with Crippen molar-refractivity contribution in [2.75, 3.05) is 0 Å². The molecule has 47 heavy (non-hydrogen) atoms. The van der Waals surface area contributed by atoms with E-state index >= 15 is 0 Å². The molecule has 0 spiro atoms. The van der Waals surface area contributed by atoms with Crippen molar-refractivity contribution in [3.63, 3.8) is 0 Å². The highest BCUT2D eigenvalue weighted by molar-refractivity contribution is 6.12. The fourth-order valence-electron chi connectivity index (χ4n) is 6.35. The van der Waals surface area contributed by atoms with E-state index < -0.39 is 0 Å². The zero-order valence-electron chi connectivity index (χ0n) is 25.3. The van der Waals surface area contributed by atoms with Gasteiger partial charge in [0, 0.05) is 27.5 Å². The molecule has 0 aliphatic heterocycles. The molecule has 0 aliphatic carbocycles. The zero-order valence-corrected chi connectivity index (χ0v) is 25.3. The first-order valence-electron chi connectivity index (χ1n) is 15.7. The van der Waals surface area contributed by atoms with Crippen molar-refractivity contribution >= 4 is 32.7 Å². The van der Waals surface area contributed by atoms with Gasteiger partial charge in [0.2, 0.25) is 0 Å². The molecule has 2 aromatic heterocycles. The van der Waals surface area contributed by atoms with Crippen molar-refractivity contribution in [2.24, 2.45) is 0 Å². The van der Waals surface area contributed by atoms with Crippen molar-refractivity contribution in [3.8, 4) is 56.4 Å². The Hall–Kier alpha value is -6.39. The van der Waals surface area contributed by atoms with Gasteiger partial charge >= 0.3 is 0 Å². The minimum atomic E-state index is 0.631. The van der Waals surface area contributed by atoms with E-state index in [-0.39, 0.29) is 0 Å². The highest BCUT2D eigenvalue weighted by atomic mass is 16.3. The molecule has 4 heteroatoms. The van der Waals surface area contributed by atoms with E-state index in [4.69, 9.17) is 19.4 Å². The molecule has 0 fully saturated rings. The number of furan rings is 1. The van der Waals surface area contributed by atoms with Crippen LogP contribution < -0.4 is 0 Å². The smallest absolute Gasteiger partial charge is 0.164 e. The maximum absolute atomic E-state index is 6.14. The number of para-hydroxylation sites is 1. The Morgan fingerprint density at radius 3 is 1.60 bits per heavy atom. The van der Waals surface area contributed by atoms with Crippen LogP contribution in [0.5, 0.6) is 0 Å².